The monoisotopic (exact) mass is 391 g/mol. The normalized spacial score (nSPS) is 11.4. The van der Waals surface area contributed by atoms with Gasteiger partial charge < -0.3 is 5.32 Å². The minimum atomic E-state index is -0.878. The fourth-order valence-corrected chi connectivity index (χ4v) is 2.99. The molecule has 0 saturated heterocycles. The second-order valence-corrected chi connectivity index (χ2v) is 6.43. The van der Waals surface area contributed by atoms with Gasteiger partial charge in [0.15, 0.2) is 0 Å². The Kier molecular flexibility index (Phi) is 5.38. The highest BCUT2D eigenvalue weighted by Crippen LogP contribution is 2.30. The first-order valence-electron chi connectivity index (χ1n) is 8.61. The van der Waals surface area contributed by atoms with E-state index >= 15 is 0 Å². The fourth-order valence-electron chi connectivity index (χ4n) is 2.99. The molecule has 1 aromatic heterocycles. The summed E-state index contributed by atoms with van der Waals surface area (Å²) in [6, 6.07) is 12.1. The van der Waals surface area contributed by atoms with Gasteiger partial charge in [0.1, 0.15) is 11.6 Å². The van der Waals surface area contributed by atoms with Gasteiger partial charge in [-0.1, -0.05) is 6.92 Å². The van der Waals surface area contributed by atoms with Crippen LogP contribution in [0.5, 0.6) is 0 Å². The molecule has 0 saturated carbocycles. The molecule has 0 spiro atoms. The van der Waals surface area contributed by atoms with Gasteiger partial charge >= 0.3 is 0 Å². The van der Waals surface area contributed by atoms with Crippen molar-refractivity contribution in [2.75, 3.05) is 5.32 Å². The van der Waals surface area contributed by atoms with Crippen molar-refractivity contribution in [1.29, 1.82) is 10.5 Å². The smallest absolute Gasteiger partial charge is 0.255 e. The summed E-state index contributed by atoms with van der Waals surface area (Å²) in [4.78, 5) is 19.3. The van der Waals surface area contributed by atoms with Gasteiger partial charge in [0.25, 0.3) is 5.56 Å². The molecule has 0 bridgehead atoms. The van der Waals surface area contributed by atoms with Crippen molar-refractivity contribution < 1.29 is 8.78 Å². The van der Waals surface area contributed by atoms with Gasteiger partial charge in [0.05, 0.1) is 29.0 Å². The molecule has 2 N–H and O–H groups in total. The van der Waals surface area contributed by atoms with Gasteiger partial charge in [0, 0.05) is 22.7 Å². The molecule has 0 amide bonds. The summed E-state index contributed by atoms with van der Waals surface area (Å²) < 4.78 is 28.9. The maximum Gasteiger partial charge on any atom is 0.255 e. The van der Waals surface area contributed by atoms with Crippen LogP contribution >= 0.6 is 0 Å². The van der Waals surface area contributed by atoms with E-state index in [9.17, 15) is 13.6 Å². The van der Waals surface area contributed by atoms with Crippen molar-refractivity contribution in [2.24, 2.45) is 0 Å². The number of rotatable bonds is 4. The molecule has 6 nitrogen and oxygen atoms in total. The minimum absolute atomic E-state index is 0.0987. The summed E-state index contributed by atoms with van der Waals surface area (Å²) in [7, 11) is 0. The average molecular weight is 391 g/mol. The summed E-state index contributed by atoms with van der Waals surface area (Å²) in [5.74, 6) is -2.53. The van der Waals surface area contributed by atoms with E-state index in [1.54, 1.807) is 30.3 Å². The van der Waals surface area contributed by atoms with E-state index in [-0.39, 0.29) is 28.3 Å². The molecular formula is C21H15F2N5O. The maximum atomic E-state index is 14.4. The second kappa shape index (κ2) is 7.91. The van der Waals surface area contributed by atoms with E-state index < -0.39 is 23.1 Å². The number of halogens is 2. The third-order valence-corrected chi connectivity index (χ3v) is 4.52. The number of H-pyrrole nitrogens is 1. The highest BCUT2D eigenvalue weighted by Gasteiger charge is 2.23. The summed E-state index contributed by atoms with van der Waals surface area (Å²) >= 11 is 0. The first kappa shape index (κ1) is 19.7. The van der Waals surface area contributed by atoms with Gasteiger partial charge in [-0.3, -0.25) is 9.78 Å². The largest absolute Gasteiger partial charge is 0.326 e. The lowest BCUT2D eigenvalue weighted by atomic mass is 9.93. The lowest BCUT2D eigenvalue weighted by molar-refractivity contribution is 0.543. The lowest BCUT2D eigenvalue weighted by Gasteiger charge is -2.17. The number of hydrogen-bond donors (Lipinski definition) is 2. The standard InChI is InChI=1S/C21H15F2N5O/c1-11(18-16(22)7-14(10-25)8-17(18)23)19-12(2)20(29)28-21(27-19)26-15-5-3-13(9-24)4-6-15/h3-8,11H,1-2H3,(H2,26,27,28,29). The quantitative estimate of drug-likeness (QED) is 0.699. The Hall–Kier alpha value is -4.04. The highest BCUT2D eigenvalue weighted by atomic mass is 19.1. The van der Waals surface area contributed by atoms with Gasteiger partial charge in [-0.05, 0) is 43.3 Å². The predicted molar refractivity (Wildman–Crippen MR) is 103 cm³/mol. The molecule has 0 aliphatic rings. The maximum absolute atomic E-state index is 14.4. The van der Waals surface area contributed by atoms with Crippen LogP contribution in [0, 0.1) is 41.2 Å². The minimum Gasteiger partial charge on any atom is -0.326 e. The average Bonchev–Trinajstić information content (AvgIpc) is 2.70. The van der Waals surface area contributed by atoms with Crippen LogP contribution in [0.3, 0.4) is 0 Å². The van der Waals surface area contributed by atoms with E-state index in [0.29, 0.717) is 11.3 Å². The lowest BCUT2D eigenvalue weighted by Crippen LogP contribution is -2.19. The summed E-state index contributed by atoms with van der Waals surface area (Å²) in [5.41, 5.74) is 0.627. The van der Waals surface area contributed by atoms with E-state index in [4.69, 9.17) is 10.5 Å². The fraction of sp³-hybridized carbons (Fsp3) is 0.143. The van der Waals surface area contributed by atoms with Crippen LogP contribution in [-0.4, -0.2) is 9.97 Å². The molecule has 0 fully saturated rings. The van der Waals surface area contributed by atoms with Gasteiger partial charge in [-0.2, -0.15) is 10.5 Å². The molecule has 1 unspecified atom stereocenters. The highest BCUT2D eigenvalue weighted by molar-refractivity contribution is 5.55. The number of aromatic nitrogens is 2. The van der Waals surface area contributed by atoms with E-state index in [2.05, 4.69) is 15.3 Å². The zero-order valence-corrected chi connectivity index (χ0v) is 15.5. The van der Waals surface area contributed by atoms with Crippen molar-refractivity contribution in [2.45, 2.75) is 19.8 Å². The third kappa shape index (κ3) is 3.97. The molecule has 1 heterocycles. The van der Waals surface area contributed by atoms with Gasteiger partial charge in [-0.15, -0.1) is 0 Å². The molecule has 0 aliphatic heterocycles. The number of nitrogens with zero attached hydrogens (tertiary/aromatic N) is 3. The van der Waals surface area contributed by atoms with Gasteiger partial charge in [-0.25, -0.2) is 13.8 Å². The number of hydrogen-bond acceptors (Lipinski definition) is 5. The zero-order valence-electron chi connectivity index (χ0n) is 15.5. The molecule has 1 atom stereocenters. The SMILES string of the molecule is Cc1c(C(C)c2c(F)cc(C#N)cc2F)nc(Nc2ccc(C#N)cc2)[nH]c1=O. The van der Waals surface area contributed by atoms with Gasteiger partial charge in [0.2, 0.25) is 5.95 Å². The molecule has 3 aromatic rings. The van der Waals surface area contributed by atoms with Crippen molar-refractivity contribution in [3.8, 4) is 12.1 Å². The van der Waals surface area contributed by atoms with E-state index in [0.717, 1.165) is 12.1 Å². The van der Waals surface area contributed by atoms with Crippen molar-refractivity contribution in [1.82, 2.24) is 9.97 Å². The molecule has 29 heavy (non-hydrogen) atoms. The first-order chi connectivity index (χ1) is 13.8. The Balaban J connectivity index is 2.03. The van der Waals surface area contributed by atoms with E-state index in [1.807, 2.05) is 6.07 Å². The van der Waals surface area contributed by atoms with Crippen LogP contribution < -0.4 is 10.9 Å². The summed E-state index contributed by atoms with van der Waals surface area (Å²) in [6.07, 6.45) is 0. The summed E-state index contributed by atoms with van der Waals surface area (Å²) in [6.45, 7) is 3.05. The number of nitriles is 2. The van der Waals surface area contributed by atoms with Crippen molar-refractivity contribution in [3.05, 3.63) is 86.3 Å². The van der Waals surface area contributed by atoms with E-state index in [1.165, 1.54) is 13.8 Å². The van der Waals surface area contributed by atoms with Crippen molar-refractivity contribution >= 4 is 11.6 Å². The Morgan fingerprint density at radius 1 is 1.07 bits per heavy atom. The van der Waals surface area contributed by atoms with Crippen LogP contribution in [0.25, 0.3) is 0 Å². The van der Waals surface area contributed by atoms with Crippen LogP contribution in [0.15, 0.2) is 41.2 Å². The Morgan fingerprint density at radius 2 is 1.66 bits per heavy atom. The van der Waals surface area contributed by atoms with Crippen molar-refractivity contribution in [3.63, 3.8) is 0 Å². The number of nitrogens with one attached hydrogen (secondary N) is 2. The summed E-state index contributed by atoms with van der Waals surface area (Å²) in [5, 5.41) is 20.6. The Bertz CT molecular complexity index is 1200. The Labute approximate surface area is 165 Å². The third-order valence-electron chi connectivity index (χ3n) is 4.52. The van der Waals surface area contributed by atoms with Crippen LogP contribution in [0.2, 0.25) is 0 Å². The van der Waals surface area contributed by atoms with Crippen LogP contribution in [-0.2, 0) is 0 Å². The topological polar surface area (TPSA) is 105 Å². The molecule has 0 radical (unpaired) electrons. The number of benzene rings is 2. The zero-order chi connectivity index (χ0) is 21.1. The molecule has 144 valence electrons. The molecule has 8 heteroatoms. The molecule has 0 aliphatic carbocycles. The second-order valence-electron chi connectivity index (χ2n) is 6.43. The molecule has 2 aromatic carbocycles. The number of aromatic amines is 1. The Morgan fingerprint density at radius 3 is 2.21 bits per heavy atom. The predicted octanol–water partition coefficient (Wildman–Crippen LogP) is 4.00. The van der Waals surface area contributed by atoms with Crippen LogP contribution in [0.4, 0.5) is 20.4 Å². The number of anilines is 2. The van der Waals surface area contributed by atoms with Crippen LogP contribution in [0.1, 0.15) is 40.8 Å². The first-order valence-corrected chi connectivity index (χ1v) is 8.61. The molecule has 3 rings (SSSR count). The molecular weight excluding hydrogens is 376 g/mol.